The summed E-state index contributed by atoms with van der Waals surface area (Å²) in [7, 11) is 0. The van der Waals surface area contributed by atoms with Gasteiger partial charge in [0.25, 0.3) is 0 Å². The van der Waals surface area contributed by atoms with Gasteiger partial charge < -0.3 is 0 Å². The van der Waals surface area contributed by atoms with Crippen molar-refractivity contribution in [1.82, 2.24) is 0 Å². The van der Waals surface area contributed by atoms with Crippen LogP contribution >= 0.6 is 22.6 Å². The number of halogens is 1. The van der Waals surface area contributed by atoms with Crippen molar-refractivity contribution in [3.8, 4) is 0 Å². The van der Waals surface area contributed by atoms with Gasteiger partial charge in [0.2, 0.25) is 11.8 Å². The van der Waals surface area contributed by atoms with Gasteiger partial charge in [-0.25, -0.2) is 4.90 Å². The van der Waals surface area contributed by atoms with Crippen LogP contribution in [0.15, 0.2) is 146 Å². The van der Waals surface area contributed by atoms with Crippen LogP contribution in [0, 0.1) is 15.4 Å². The quantitative estimate of drug-likeness (QED) is 0.143. The molecule has 212 valence electrons. The maximum absolute atomic E-state index is 15.8. The minimum atomic E-state index is -1.39. The van der Waals surface area contributed by atoms with E-state index in [2.05, 4.69) is 22.6 Å². The van der Waals surface area contributed by atoms with E-state index in [4.69, 9.17) is 0 Å². The van der Waals surface area contributed by atoms with Gasteiger partial charge in [-0.2, -0.15) is 0 Å². The van der Waals surface area contributed by atoms with Crippen LogP contribution in [-0.2, 0) is 25.2 Å². The molecule has 0 N–H and O–H groups in total. The highest BCUT2D eigenvalue weighted by molar-refractivity contribution is 14.1. The van der Waals surface area contributed by atoms with Crippen molar-refractivity contribution in [3.63, 3.8) is 0 Å². The summed E-state index contributed by atoms with van der Waals surface area (Å²) in [6, 6.07) is 46.6. The summed E-state index contributed by atoms with van der Waals surface area (Å²) in [5.41, 5.74) is 2.57. The molecule has 2 fully saturated rings. The number of carbonyl (C=O) groups excluding carboxylic acids is 3. The standard InChI is InChI=1S/C39H26INO3/c40-29-23-13-14-24-30(29)41-35(42)33-34(36(41)43)39(28-21-11-4-12-22-28)32(26-17-7-2-8-18-26)31(25-15-5-1-6-16-25)38(33,37(39)44)27-19-9-3-10-20-27/h1-24,33-34H. The van der Waals surface area contributed by atoms with E-state index in [0.29, 0.717) is 5.69 Å². The van der Waals surface area contributed by atoms with Gasteiger partial charge in [0.1, 0.15) is 0 Å². The van der Waals surface area contributed by atoms with E-state index in [0.717, 1.165) is 37.0 Å². The summed E-state index contributed by atoms with van der Waals surface area (Å²) in [4.78, 5) is 47.2. The molecule has 4 unspecified atom stereocenters. The Morgan fingerprint density at radius 3 is 1.25 bits per heavy atom. The average Bonchev–Trinajstić information content (AvgIpc) is 3.59. The van der Waals surface area contributed by atoms with Crippen LogP contribution in [0.2, 0.25) is 0 Å². The zero-order valence-electron chi connectivity index (χ0n) is 23.6. The van der Waals surface area contributed by atoms with E-state index < -0.39 is 22.7 Å². The topological polar surface area (TPSA) is 54.5 Å². The van der Waals surface area contributed by atoms with Crippen LogP contribution < -0.4 is 4.90 Å². The average molecular weight is 684 g/mol. The first-order valence-electron chi connectivity index (χ1n) is 14.7. The molecule has 5 aromatic carbocycles. The molecule has 8 rings (SSSR count). The third-order valence-electron chi connectivity index (χ3n) is 9.67. The number of para-hydroxylation sites is 1. The van der Waals surface area contributed by atoms with Gasteiger partial charge in [0, 0.05) is 3.57 Å². The molecule has 0 radical (unpaired) electrons. The van der Waals surface area contributed by atoms with E-state index in [1.54, 1.807) is 0 Å². The normalized spacial score (nSPS) is 25.6. The van der Waals surface area contributed by atoms with Crippen LogP contribution in [-0.4, -0.2) is 17.6 Å². The van der Waals surface area contributed by atoms with Crippen molar-refractivity contribution in [1.29, 1.82) is 0 Å². The summed E-state index contributed by atoms with van der Waals surface area (Å²) in [5, 5.41) is 0. The number of ketones is 1. The summed E-state index contributed by atoms with van der Waals surface area (Å²) < 4.78 is 0.799. The van der Waals surface area contributed by atoms with Gasteiger partial charge in [-0.05, 0) is 68.1 Å². The molecule has 3 aliphatic rings. The fraction of sp³-hybridized carbons (Fsp3) is 0.103. The lowest BCUT2D eigenvalue weighted by Gasteiger charge is -2.39. The van der Waals surface area contributed by atoms with Gasteiger partial charge in [0.15, 0.2) is 5.78 Å². The number of carbonyl (C=O) groups is 3. The number of benzene rings is 5. The molecule has 2 bridgehead atoms. The van der Waals surface area contributed by atoms with Crippen LogP contribution in [0.3, 0.4) is 0 Å². The predicted octanol–water partition coefficient (Wildman–Crippen LogP) is 7.48. The number of amides is 2. The molecule has 4 nitrogen and oxygen atoms in total. The van der Waals surface area contributed by atoms with E-state index >= 15 is 4.79 Å². The molecule has 1 heterocycles. The van der Waals surface area contributed by atoms with Crippen molar-refractivity contribution in [2.45, 2.75) is 10.8 Å². The zero-order valence-corrected chi connectivity index (χ0v) is 25.7. The van der Waals surface area contributed by atoms with E-state index in [-0.39, 0.29) is 17.6 Å². The number of imide groups is 1. The Balaban J connectivity index is 1.57. The third kappa shape index (κ3) is 3.30. The van der Waals surface area contributed by atoms with E-state index in [9.17, 15) is 9.59 Å². The van der Waals surface area contributed by atoms with Crippen LogP contribution in [0.5, 0.6) is 0 Å². The lowest BCUT2D eigenvalue weighted by molar-refractivity contribution is -0.130. The summed E-state index contributed by atoms with van der Waals surface area (Å²) in [6.07, 6.45) is 0. The van der Waals surface area contributed by atoms with Crippen LogP contribution in [0.1, 0.15) is 22.3 Å². The Morgan fingerprint density at radius 2 is 0.841 bits per heavy atom. The molecule has 0 spiro atoms. The first-order valence-corrected chi connectivity index (χ1v) is 15.8. The Hall–Kier alpha value is -4.62. The first-order chi connectivity index (χ1) is 21.5. The number of Topliss-reactive ketones (excluding diaryl/α,β-unsaturated/α-hetero) is 1. The summed E-state index contributed by atoms with van der Waals surface area (Å²) >= 11 is 2.18. The second-order valence-corrected chi connectivity index (χ2v) is 12.7. The molecular formula is C39H26INO3. The number of nitrogens with zero attached hydrogens (tertiary/aromatic N) is 1. The molecule has 5 heteroatoms. The van der Waals surface area contributed by atoms with E-state index in [1.165, 1.54) is 4.90 Å². The van der Waals surface area contributed by atoms with Gasteiger partial charge in [-0.3, -0.25) is 14.4 Å². The molecule has 0 aromatic heterocycles. The third-order valence-corrected chi connectivity index (χ3v) is 10.6. The number of allylic oxidation sites excluding steroid dienone is 2. The van der Waals surface area contributed by atoms with Gasteiger partial charge in [0.05, 0.1) is 28.4 Å². The minimum Gasteiger partial charge on any atom is -0.297 e. The number of rotatable bonds is 5. The Kier molecular flexibility index (Phi) is 6.10. The Labute approximate surface area is 269 Å². The number of fused-ring (bicyclic) bond motifs is 5. The fourth-order valence-corrected chi connectivity index (χ4v) is 8.83. The van der Waals surface area contributed by atoms with Crippen molar-refractivity contribution in [3.05, 3.63) is 171 Å². The van der Waals surface area contributed by atoms with Gasteiger partial charge in [-0.15, -0.1) is 0 Å². The zero-order chi connectivity index (χ0) is 30.1. The van der Waals surface area contributed by atoms with Crippen molar-refractivity contribution in [2.75, 3.05) is 4.90 Å². The van der Waals surface area contributed by atoms with Crippen molar-refractivity contribution < 1.29 is 14.4 Å². The fourth-order valence-electron chi connectivity index (χ4n) is 8.20. The lowest BCUT2D eigenvalue weighted by atomic mass is 9.59. The highest BCUT2D eigenvalue weighted by Crippen LogP contribution is 2.74. The molecule has 1 saturated heterocycles. The largest absolute Gasteiger partial charge is 0.297 e. The monoisotopic (exact) mass is 683 g/mol. The lowest BCUT2D eigenvalue weighted by Crippen LogP contribution is -2.45. The summed E-state index contributed by atoms with van der Waals surface area (Å²) in [6.45, 7) is 0. The second-order valence-electron chi connectivity index (χ2n) is 11.6. The smallest absolute Gasteiger partial charge is 0.239 e. The van der Waals surface area contributed by atoms with Crippen LogP contribution in [0.4, 0.5) is 5.69 Å². The van der Waals surface area contributed by atoms with Gasteiger partial charge in [-0.1, -0.05) is 133 Å². The number of hydrogen-bond donors (Lipinski definition) is 0. The molecule has 44 heavy (non-hydrogen) atoms. The molecule has 1 saturated carbocycles. The highest BCUT2D eigenvalue weighted by atomic mass is 127. The molecule has 2 aliphatic carbocycles. The molecule has 2 amide bonds. The van der Waals surface area contributed by atoms with Crippen molar-refractivity contribution >= 4 is 57.0 Å². The SMILES string of the molecule is O=C1C2C(C(=O)N1c1ccccc1I)C1(c3ccccc3)C(=O)C2(c2ccccc2)C(c2ccccc2)=C1c1ccccc1. The van der Waals surface area contributed by atoms with Crippen molar-refractivity contribution in [2.24, 2.45) is 11.8 Å². The molecule has 1 aliphatic heterocycles. The maximum atomic E-state index is 15.8. The Morgan fingerprint density at radius 1 is 0.477 bits per heavy atom. The predicted molar refractivity (Wildman–Crippen MR) is 180 cm³/mol. The summed E-state index contributed by atoms with van der Waals surface area (Å²) in [5.74, 6) is -2.63. The Bertz CT molecular complexity index is 1870. The molecular weight excluding hydrogens is 657 g/mol. The highest BCUT2D eigenvalue weighted by Gasteiger charge is 2.82. The van der Waals surface area contributed by atoms with E-state index in [1.807, 2.05) is 146 Å². The molecule has 4 atom stereocenters. The van der Waals surface area contributed by atoms with Gasteiger partial charge >= 0.3 is 0 Å². The number of anilines is 1. The molecule has 5 aromatic rings. The van der Waals surface area contributed by atoms with Crippen LogP contribution in [0.25, 0.3) is 11.1 Å². The first kappa shape index (κ1) is 27.0. The second kappa shape index (κ2) is 9.96. The minimum absolute atomic E-state index is 0.112. The number of hydrogen-bond acceptors (Lipinski definition) is 3. The maximum Gasteiger partial charge on any atom is 0.239 e.